The largest absolute Gasteiger partial charge is 0.387 e. The smallest absolute Gasteiger partial charge is 0.247 e. The van der Waals surface area contributed by atoms with Crippen LogP contribution in [0.4, 0.5) is 5.69 Å². The van der Waals surface area contributed by atoms with Gasteiger partial charge in [0.05, 0.1) is 48.0 Å². The van der Waals surface area contributed by atoms with Crippen molar-refractivity contribution in [3.05, 3.63) is 101 Å². The predicted molar refractivity (Wildman–Crippen MR) is 303 cm³/mol. The SMILES string of the molecule is CO[C@]1(C)C[C@H](O[C@H]2[C@H](C)[C@@H](O[C@@H]3O[C@H](C)C[C@H](N(C)C)[C@H]3O)[C@](C)(O)C[C@@H](C)CN(C)C(=O)C[C@@H](Cc3ccc(NC(=O)[C@H](Cc4ccccc4Cl)NC(=O)Cc4ccccc4)cc3)NC(=O)[C@@H](C)NC(=O)[C@@H]2C)O[C@@H](C)[C@@H]1O. The van der Waals surface area contributed by atoms with Crippen LogP contribution in [-0.4, -0.2) is 174 Å². The molecule has 442 valence electrons. The molecule has 3 aromatic rings. The Kier molecular flexibility index (Phi) is 22.7. The van der Waals surface area contributed by atoms with Crippen LogP contribution in [0, 0.1) is 17.8 Å². The number of methoxy groups -OCH3 is 1. The zero-order valence-corrected chi connectivity index (χ0v) is 49.3. The monoisotopic (exact) mass is 1130 g/mol. The molecule has 3 saturated heterocycles. The van der Waals surface area contributed by atoms with Crippen LogP contribution in [0.5, 0.6) is 0 Å². The fraction of sp³-hybridized carbons (Fsp3) is 0.617. The summed E-state index contributed by atoms with van der Waals surface area (Å²) >= 11 is 6.50. The quantitative estimate of drug-likeness (QED) is 0.108. The van der Waals surface area contributed by atoms with Crippen molar-refractivity contribution in [3.63, 3.8) is 0 Å². The summed E-state index contributed by atoms with van der Waals surface area (Å²) in [4.78, 5) is 73.7. The third kappa shape index (κ3) is 17.0. The molecule has 0 saturated carbocycles. The third-order valence-corrected chi connectivity index (χ3v) is 16.5. The highest BCUT2D eigenvalue weighted by molar-refractivity contribution is 6.31. The molecule has 0 unspecified atom stereocenters. The summed E-state index contributed by atoms with van der Waals surface area (Å²) in [5.41, 5.74) is -0.138. The van der Waals surface area contributed by atoms with Gasteiger partial charge < -0.3 is 70.1 Å². The van der Waals surface area contributed by atoms with E-state index in [0.717, 1.165) is 11.1 Å². The predicted octanol–water partition coefficient (Wildman–Crippen LogP) is 4.79. The Hall–Kier alpha value is -5.06. The number of aliphatic hydroxyl groups excluding tert-OH is 2. The highest BCUT2D eigenvalue weighted by Gasteiger charge is 2.51. The van der Waals surface area contributed by atoms with E-state index in [1.807, 2.05) is 69.2 Å². The zero-order valence-electron chi connectivity index (χ0n) is 48.5. The molecular weight excluding hydrogens is 1050 g/mol. The highest BCUT2D eigenvalue weighted by atomic mass is 35.5. The second kappa shape index (κ2) is 28.3. The van der Waals surface area contributed by atoms with E-state index in [1.54, 1.807) is 96.0 Å². The van der Waals surface area contributed by atoms with E-state index in [4.69, 9.17) is 35.3 Å². The molecule has 6 rings (SSSR count). The van der Waals surface area contributed by atoms with E-state index in [9.17, 15) is 39.3 Å². The molecule has 20 heteroatoms. The van der Waals surface area contributed by atoms with Crippen LogP contribution in [0.2, 0.25) is 5.02 Å². The van der Waals surface area contributed by atoms with Crippen molar-refractivity contribution >= 4 is 46.8 Å². The van der Waals surface area contributed by atoms with Gasteiger partial charge in [0, 0.05) is 68.7 Å². The van der Waals surface area contributed by atoms with Gasteiger partial charge in [-0.25, -0.2) is 0 Å². The highest BCUT2D eigenvalue weighted by Crippen LogP contribution is 2.39. The van der Waals surface area contributed by atoms with Crippen molar-refractivity contribution in [3.8, 4) is 0 Å². The number of benzene rings is 3. The number of hydrogen-bond acceptors (Lipinski definition) is 14. The minimum Gasteiger partial charge on any atom is -0.387 e. The van der Waals surface area contributed by atoms with Gasteiger partial charge in [0.2, 0.25) is 29.5 Å². The minimum atomic E-state index is -1.70. The lowest BCUT2D eigenvalue weighted by atomic mass is 9.77. The molecule has 3 aliphatic rings. The van der Waals surface area contributed by atoms with Crippen molar-refractivity contribution in [2.45, 2.75) is 185 Å². The average Bonchev–Trinajstić information content (AvgIpc) is 3.40. The lowest BCUT2D eigenvalue weighted by molar-refractivity contribution is -0.317. The molecule has 80 heavy (non-hydrogen) atoms. The number of nitrogens with one attached hydrogen (secondary N) is 4. The standard InChI is InChI=1S/C60H87ClN6O13/c1-34-31-59(7,75)54(80-58-51(70)47(66(9)10)26-35(2)77-58)36(3)52(79-50-32-60(8,76-12)53(71)39(6)78-50)37(4)55(72)62-38(5)56(73)64-44(30-49(69)67(11)33-34)27-41-22-24-43(25-23-41)63-57(74)46(29-42-20-16-17-21-45(42)61)65-48(68)28-40-18-14-13-15-19-40/h13-25,34-39,44,46-47,50-54,58,70-71,75H,26-33H2,1-12H3,(H,62,72)(H,63,74)(H,64,73)(H,65,68)/t34-,35-,36+,37-,38-,39+,44-,46+,47+,50+,51-,52+,53+,54-,58+,59-,60-/m1/s1. The Balaban J connectivity index is 1.26. The summed E-state index contributed by atoms with van der Waals surface area (Å²) in [7, 11) is 6.88. The molecule has 3 fully saturated rings. The van der Waals surface area contributed by atoms with Gasteiger partial charge in [0.15, 0.2) is 12.6 Å². The molecule has 0 bridgehead atoms. The van der Waals surface area contributed by atoms with Crippen LogP contribution in [0.1, 0.15) is 97.8 Å². The molecule has 0 radical (unpaired) electrons. The Morgan fingerprint density at radius 1 is 0.875 bits per heavy atom. The summed E-state index contributed by atoms with van der Waals surface area (Å²) < 4.78 is 31.9. The molecule has 5 amide bonds. The average molecular weight is 1140 g/mol. The minimum absolute atomic E-state index is 0.0756. The second-order valence-electron chi connectivity index (χ2n) is 23.4. The van der Waals surface area contributed by atoms with E-state index in [-0.39, 0.29) is 74.9 Å². The van der Waals surface area contributed by atoms with Crippen LogP contribution in [-0.2, 0) is 66.9 Å². The Labute approximate surface area is 477 Å². The molecule has 0 aliphatic carbocycles. The maximum absolute atomic E-state index is 14.6. The first kappa shape index (κ1) is 64.1. The van der Waals surface area contributed by atoms with Crippen LogP contribution < -0.4 is 21.3 Å². The van der Waals surface area contributed by atoms with E-state index < -0.39 is 102 Å². The molecule has 19 nitrogen and oxygen atoms in total. The summed E-state index contributed by atoms with van der Waals surface area (Å²) in [5, 5.41) is 47.8. The molecule has 0 spiro atoms. The number of aliphatic hydroxyl groups is 3. The zero-order chi connectivity index (χ0) is 58.8. The number of ether oxygens (including phenoxy) is 5. The first-order valence-corrected chi connectivity index (χ1v) is 28.3. The molecular formula is C60H87ClN6O13. The molecule has 17 atom stereocenters. The fourth-order valence-corrected chi connectivity index (χ4v) is 11.7. The summed E-state index contributed by atoms with van der Waals surface area (Å²) in [6.07, 6.45) is -6.65. The number of likely N-dealkylation sites (N-methyl/N-ethyl adjacent to an activating group) is 1. The van der Waals surface area contributed by atoms with E-state index in [2.05, 4.69) is 21.3 Å². The lowest BCUT2D eigenvalue weighted by Gasteiger charge is -2.49. The summed E-state index contributed by atoms with van der Waals surface area (Å²) in [6.45, 7) is 14.1. The number of nitrogens with zero attached hydrogens (tertiary/aromatic N) is 2. The maximum atomic E-state index is 14.6. The topological polar surface area (TPSA) is 247 Å². The molecule has 3 aromatic carbocycles. The number of anilines is 1. The Morgan fingerprint density at radius 3 is 2.19 bits per heavy atom. The molecule has 0 aromatic heterocycles. The number of halogens is 1. The lowest BCUT2D eigenvalue weighted by Crippen LogP contribution is -2.61. The molecule has 3 aliphatic heterocycles. The van der Waals surface area contributed by atoms with Gasteiger partial charge in [-0.15, -0.1) is 0 Å². The Morgan fingerprint density at radius 2 is 1.54 bits per heavy atom. The number of hydrogen-bond donors (Lipinski definition) is 7. The second-order valence-corrected chi connectivity index (χ2v) is 23.8. The summed E-state index contributed by atoms with van der Waals surface area (Å²) in [5.74, 6) is -4.41. The van der Waals surface area contributed by atoms with Crippen molar-refractivity contribution < 1.29 is 63.0 Å². The van der Waals surface area contributed by atoms with E-state index >= 15 is 0 Å². The summed E-state index contributed by atoms with van der Waals surface area (Å²) in [6, 6.07) is 20.1. The molecule has 3 heterocycles. The van der Waals surface area contributed by atoms with Crippen LogP contribution in [0.3, 0.4) is 0 Å². The number of amides is 5. The van der Waals surface area contributed by atoms with E-state index in [0.29, 0.717) is 22.7 Å². The van der Waals surface area contributed by atoms with Gasteiger partial charge in [-0.1, -0.05) is 93.0 Å². The first-order chi connectivity index (χ1) is 37.7. The number of rotatable bonds is 15. The number of carbonyl (C=O) groups excluding carboxylic acids is 5. The van der Waals surface area contributed by atoms with Crippen LogP contribution >= 0.6 is 11.6 Å². The van der Waals surface area contributed by atoms with Gasteiger partial charge in [-0.3, -0.25) is 24.0 Å². The van der Waals surface area contributed by atoms with Crippen LogP contribution in [0.25, 0.3) is 0 Å². The van der Waals surface area contributed by atoms with E-state index in [1.165, 1.54) is 7.11 Å². The van der Waals surface area contributed by atoms with Crippen molar-refractivity contribution in [2.24, 2.45) is 17.8 Å². The Bertz CT molecular complexity index is 2540. The number of carbonyl (C=O) groups is 5. The van der Waals surface area contributed by atoms with Gasteiger partial charge in [0.25, 0.3) is 0 Å². The van der Waals surface area contributed by atoms with Crippen molar-refractivity contribution in [2.75, 3.05) is 40.1 Å². The van der Waals surface area contributed by atoms with Gasteiger partial charge >= 0.3 is 0 Å². The van der Waals surface area contributed by atoms with Gasteiger partial charge in [-0.05, 0) is 109 Å². The normalized spacial score (nSPS) is 33.7. The third-order valence-electron chi connectivity index (χ3n) is 16.1. The van der Waals surface area contributed by atoms with Crippen LogP contribution in [0.15, 0.2) is 78.9 Å². The van der Waals surface area contributed by atoms with Gasteiger partial charge in [0.1, 0.15) is 24.3 Å². The molecule has 7 N–H and O–H groups in total. The maximum Gasteiger partial charge on any atom is 0.247 e. The fourth-order valence-electron chi connectivity index (χ4n) is 11.5. The van der Waals surface area contributed by atoms with Gasteiger partial charge in [-0.2, -0.15) is 0 Å². The van der Waals surface area contributed by atoms with Crippen molar-refractivity contribution in [1.82, 2.24) is 25.8 Å². The first-order valence-electron chi connectivity index (χ1n) is 27.9. The van der Waals surface area contributed by atoms with Crippen molar-refractivity contribution in [1.29, 1.82) is 0 Å².